The molecule has 0 aliphatic carbocycles. The van der Waals surface area contributed by atoms with Crippen molar-refractivity contribution in [3.05, 3.63) is 47.8 Å². The Bertz CT molecular complexity index is 352. The number of aliphatic hydroxyl groups is 1. The molecule has 0 aromatic heterocycles. The Balaban J connectivity index is 2.68. The van der Waals surface area contributed by atoms with E-state index in [2.05, 4.69) is 6.58 Å². The second kappa shape index (κ2) is 6.40. The van der Waals surface area contributed by atoms with Crippen LogP contribution in [0.5, 0.6) is 0 Å². The minimum atomic E-state index is -0.181. The highest BCUT2D eigenvalue weighted by Gasteiger charge is 2.05. The molecule has 1 aromatic rings. The highest BCUT2D eigenvalue weighted by molar-refractivity contribution is 5.23. The molecule has 0 amide bonds. The third kappa shape index (κ3) is 3.76. The molecule has 0 fully saturated rings. The quantitative estimate of drug-likeness (QED) is 0.747. The zero-order chi connectivity index (χ0) is 12.0. The SMILES string of the molecule is C=CCN(CCO)Cc1ccc(C)c(F)c1. The fourth-order valence-corrected chi connectivity index (χ4v) is 1.55. The summed E-state index contributed by atoms with van der Waals surface area (Å²) in [5.41, 5.74) is 1.57. The predicted octanol–water partition coefficient (Wildman–Crippen LogP) is 2.11. The molecule has 0 heterocycles. The van der Waals surface area contributed by atoms with Crippen LogP contribution >= 0.6 is 0 Å². The first-order chi connectivity index (χ1) is 7.67. The minimum Gasteiger partial charge on any atom is -0.395 e. The summed E-state index contributed by atoms with van der Waals surface area (Å²) in [5, 5.41) is 8.89. The Hall–Kier alpha value is -1.19. The first kappa shape index (κ1) is 12.9. The van der Waals surface area contributed by atoms with Crippen LogP contribution in [0.1, 0.15) is 11.1 Å². The van der Waals surface area contributed by atoms with Crippen molar-refractivity contribution < 1.29 is 9.50 Å². The van der Waals surface area contributed by atoms with Crippen molar-refractivity contribution in [1.82, 2.24) is 4.90 Å². The van der Waals surface area contributed by atoms with Crippen LogP contribution in [0.4, 0.5) is 4.39 Å². The molecule has 0 atom stereocenters. The zero-order valence-corrected chi connectivity index (χ0v) is 9.62. The van der Waals surface area contributed by atoms with Gasteiger partial charge in [-0.3, -0.25) is 4.90 Å². The highest BCUT2D eigenvalue weighted by Crippen LogP contribution is 2.11. The topological polar surface area (TPSA) is 23.5 Å². The maximum atomic E-state index is 13.3. The Kier molecular flexibility index (Phi) is 5.15. The van der Waals surface area contributed by atoms with Crippen LogP contribution in [0.15, 0.2) is 30.9 Å². The lowest BCUT2D eigenvalue weighted by molar-refractivity contribution is 0.203. The summed E-state index contributed by atoms with van der Waals surface area (Å²) in [6.07, 6.45) is 1.78. The first-order valence-corrected chi connectivity index (χ1v) is 5.36. The Morgan fingerprint density at radius 3 is 2.81 bits per heavy atom. The lowest BCUT2D eigenvalue weighted by Gasteiger charge is -2.19. The summed E-state index contributed by atoms with van der Waals surface area (Å²) in [5.74, 6) is -0.181. The molecule has 1 N–H and O–H groups in total. The van der Waals surface area contributed by atoms with E-state index in [-0.39, 0.29) is 12.4 Å². The minimum absolute atomic E-state index is 0.0994. The van der Waals surface area contributed by atoms with Gasteiger partial charge in [0.15, 0.2) is 0 Å². The zero-order valence-electron chi connectivity index (χ0n) is 9.62. The molecule has 0 saturated carbocycles. The molecular weight excluding hydrogens is 205 g/mol. The van der Waals surface area contributed by atoms with Gasteiger partial charge in [0.2, 0.25) is 0 Å². The second-order valence-corrected chi connectivity index (χ2v) is 3.83. The number of hydrogen-bond acceptors (Lipinski definition) is 2. The molecule has 1 aromatic carbocycles. The van der Waals surface area contributed by atoms with Crippen molar-refractivity contribution in [1.29, 1.82) is 0 Å². The summed E-state index contributed by atoms with van der Waals surface area (Å²) in [4.78, 5) is 2.01. The molecule has 0 radical (unpaired) electrons. The average Bonchev–Trinajstić information content (AvgIpc) is 2.24. The van der Waals surface area contributed by atoms with Crippen LogP contribution in [0.3, 0.4) is 0 Å². The predicted molar refractivity (Wildman–Crippen MR) is 63.7 cm³/mol. The highest BCUT2D eigenvalue weighted by atomic mass is 19.1. The van der Waals surface area contributed by atoms with E-state index in [1.807, 2.05) is 11.0 Å². The van der Waals surface area contributed by atoms with Crippen LogP contribution in [-0.4, -0.2) is 29.7 Å². The maximum Gasteiger partial charge on any atom is 0.126 e. The molecule has 0 unspecified atom stereocenters. The Morgan fingerprint density at radius 1 is 1.50 bits per heavy atom. The second-order valence-electron chi connectivity index (χ2n) is 3.83. The summed E-state index contributed by atoms with van der Waals surface area (Å²) in [7, 11) is 0. The van der Waals surface area contributed by atoms with Crippen LogP contribution in [0.2, 0.25) is 0 Å². The van der Waals surface area contributed by atoms with E-state index in [0.717, 1.165) is 5.56 Å². The third-order valence-corrected chi connectivity index (χ3v) is 2.45. The molecule has 0 aliphatic rings. The normalized spacial score (nSPS) is 10.8. The third-order valence-electron chi connectivity index (χ3n) is 2.45. The average molecular weight is 223 g/mol. The van der Waals surface area contributed by atoms with E-state index in [9.17, 15) is 4.39 Å². The fourth-order valence-electron chi connectivity index (χ4n) is 1.55. The number of aryl methyl sites for hydroxylation is 1. The molecule has 1 rings (SSSR count). The van der Waals surface area contributed by atoms with Gasteiger partial charge in [0.25, 0.3) is 0 Å². The number of hydrogen-bond donors (Lipinski definition) is 1. The van der Waals surface area contributed by atoms with Crippen LogP contribution < -0.4 is 0 Å². The fraction of sp³-hybridized carbons (Fsp3) is 0.385. The van der Waals surface area contributed by atoms with Crippen LogP contribution in [-0.2, 0) is 6.54 Å². The van der Waals surface area contributed by atoms with Crippen molar-refractivity contribution in [3.63, 3.8) is 0 Å². The molecule has 0 aliphatic heterocycles. The Morgan fingerprint density at radius 2 is 2.25 bits per heavy atom. The van der Waals surface area contributed by atoms with Gasteiger partial charge in [-0.05, 0) is 24.1 Å². The maximum absolute atomic E-state index is 13.3. The number of benzene rings is 1. The Labute approximate surface area is 96.0 Å². The van der Waals surface area contributed by atoms with Crippen molar-refractivity contribution in [2.24, 2.45) is 0 Å². The number of aliphatic hydroxyl groups excluding tert-OH is 1. The molecule has 16 heavy (non-hydrogen) atoms. The molecule has 0 saturated heterocycles. The van der Waals surface area contributed by atoms with Gasteiger partial charge in [-0.2, -0.15) is 0 Å². The molecular formula is C13H18FNO. The smallest absolute Gasteiger partial charge is 0.126 e. The molecule has 0 spiro atoms. The van der Waals surface area contributed by atoms with Gasteiger partial charge >= 0.3 is 0 Å². The molecule has 2 nitrogen and oxygen atoms in total. The molecule has 3 heteroatoms. The monoisotopic (exact) mass is 223 g/mol. The van der Waals surface area contributed by atoms with Crippen molar-refractivity contribution in [2.75, 3.05) is 19.7 Å². The van der Waals surface area contributed by atoms with Gasteiger partial charge < -0.3 is 5.11 Å². The number of nitrogens with zero attached hydrogens (tertiary/aromatic N) is 1. The van der Waals surface area contributed by atoms with Crippen LogP contribution in [0, 0.1) is 12.7 Å². The van der Waals surface area contributed by atoms with Crippen LogP contribution in [0.25, 0.3) is 0 Å². The van der Waals surface area contributed by atoms with E-state index in [0.29, 0.717) is 25.2 Å². The van der Waals surface area contributed by atoms with Gasteiger partial charge in [0, 0.05) is 19.6 Å². The van der Waals surface area contributed by atoms with E-state index < -0.39 is 0 Å². The van der Waals surface area contributed by atoms with E-state index in [1.54, 1.807) is 25.1 Å². The van der Waals surface area contributed by atoms with Gasteiger partial charge in [-0.1, -0.05) is 18.2 Å². The van der Waals surface area contributed by atoms with E-state index in [4.69, 9.17) is 5.11 Å². The van der Waals surface area contributed by atoms with Gasteiger partial charge in [0.05, 0.1) is 6.61 Å². The van der Waals surface area contributed by atoms with Crippen molar-refractivity contribution in [2.45, 2.75) is 13.5 Å². The number of rotatable bonds is 6. The summed E-state index contributed by atoms with van der Waals surface area (Å²) < 4.78 is 13.3. The first-order valence-electron chi connectivity index (χ1n) is 5.36. The van der Waals surface area contributed by atoms with Crippen molar-refractivity contribution in [3.8, 4) is 0 Å². The standard InChI is InChI=1S/C13H18FNO/c1-3-6-15(7-8-16)10-12-5-4-11(2)13(14)9-12/h3-5,9,16H,1,6-8,10H2,2H3. The van der Waals surface area contributed by atoms with E-state index in [1.165, 1.54) is 0 Å². The molecule has 0 bridgehead atoms. The largest absolute Gasteiger partial charge is 0.395 e. The summed E-state index contributed by atoms with van der Waals surface area (Å²) in [6, 6.07) is 5.23. The van der Waals surface area contributed by atoms with Gasteiger partial charge in [-0.15, -0.1) is 6.58 Å². The van der Waals surface area contributed by atoms with Gasteiger partial charge in [0.1, 0.15) is 5.82 Å². The summed E-state index contributed by atoms with van der Waals surface area (Å²) >= 11 is 0. The summed E-state index contributed by atoms with van der Waals surface area (Å²) in [6.45, 7) is 7.39. The van der Waals surface area contributed by atoms with Gasteiger partial charge in [-0.25, -0.2) is 4.39 Å². The number of halogens is 1. The van der Waals surface area contributed by atoms with E-state index >= 15 is 0 Å². The lowest BCUT2D eigenvalue weighted by atomic mass is 10.1. The molecule has 88 valence electrons. The lowest BCUT2D eigenvalue weighted by Crippen LogP contribution is -2.26. The van der Waals surface area contributed by atoms with Crippen molar-refractivity contribution >= 4 is 0 Å².